The number of carbonyl (C=O) groups is 2. The minimum absolute atomic E-state index is 0.193. The van der Waals surface area contributed by atoms with Crippen LogP contribution in [0.2, 0.25) is 0 Å². The van der Waals surface area contributed by atoms with Crippen LogP contribution in [0.1, 0.15) is 23.6 Å². The average Bonchev–Trinajstić information content (AvgIpc) is 2.89. The van der Waals surface area contributed by atoms with Gasteiger partial charge in [0.1, 0.15) is 5.75 Å². The third-order valence-electron chi connectivity index (χ3n) is 5.84. The lowest BCUT2D eigenvalue weighted by molar-refractivity contribution is -0.136. The number of hydrogen-bond acceptors (Lipinski definition) is 6. The summed E-state index contributed by atoms with van der Waals surface area (Å²) < 4.78 is 6.60. The van der Waals surface area contributed by atoms with Crippen molar-refractivity contribution in [1.29, 1.82) is 0 Å². The topological polar surface area (TPSA) is 122 Å². The molecule has 4 rings (SSSR count). The lowest BCUT2D eigenvalue weighted by Gasteiger charge is -2.14. The molecule has 4 aromatic rings. The number of hydrazone groups is 1. The van der Waals surface area contributed by atoms with Crippen molar-refractivity contribution in [3.63, 3.8) is 0 Å². The maximum Gasteiger partial charge on any atom is 0.329 e. The number of aromatic hydroxyl groups is 1. The summed E-state index contributed by atoms with van der Waals surface area (Å²) >= 11 is 0. The first-order chi connectivity index (χ1) is 17.8. The van der Waals surface area contributed by atoms with Gasteiger partial charge in [0.25, 0.3) is 5.56 Å². The Morgan fingerprint density at radius 1 is 0.973 bits per heavy atom. The van der Waals surface area contributed by atoms with E-state index in [1.54, 1.807) is 60.7 Å². The summed E-state index contributed by atoms with van der Waals surface area (Å²) in [5.41, 5.74) is 4.87. The number of aryl methyl sites for hydroxylation is 2. The molecule has 1 heterocycles. The first-order valence-electron chi connectivity index (χ1n) is 11.6. The normalized spacial score (nSPS) is 11.0. The Morgan fingerprint density at radius 2 is 1.68 bits per heavy atom. The minimum Gasteiger partial charge on any atom is -0.494 e. The van der Waals surface area contributed by atoms with E-state index in [0.717, 1.165) is 15.7 Å². The monoisotopic (exact) mass is 498 g/mol. The predicted octanol–water partition coefficient (Wildman–Crippen LogP) is 3.80. The summed E-state index contributed by atoms with van der Waals surface area (Å²) in [4.78, 5) is 37.8. The molecule has 0 aliphatic carbocycles. The zero-order valence-corrected chi connectivity index (χ0v) is 20.6. The fourth-order valence-electron chi connectivity index (χ4n) is 3.80. The minimum atomic E-state index is -0.988. The van der Waals surface area contributed by atoms with Crippen LogP contribution >= 0.6 is 0 Å². The molecule has 0 fully saturated rings. The molecule has 37 heavy (non-hydrogen) atoms. The van der Waals surface area contributed by atoms with Crippen LogP contribution < -0.4 is 21.0 Å². The fourth-order valence-corrected chi connectivity index (χ4v) is 3.80. The molecule has 0 saturated carbocycles. The highest BCUT2D eigenvalue weighted by molar-refractivity contribution is 6.39. The van der Waals surface area contributed by atoms with Crippen molar-refractivity contribution in [2.75, 3.05) is 11.9 Å². The summed E-state index contributed by atoms with van der Waals surface area (Å²) in [6.07, 6.45) is 1.20. The average molecular weight is 499 g/mol. The second-order valence-corrected chi connectivity index (χ2v) is 8.30. The van der Waals surface area contributed by atoms with Crippen molar-refractivity contribution in [2.24, 2.45) is 5.10 Å². The van der Waals surface area contributed by atoms with E-state index in [0.29, 0.717) is 34.5 Å². The Morgan fingerprint density at radius 3 is 2.35 bits per heavy atom. The van der Waals surface area contributed by atoms with Gasteiger partial charge in [-0.1, -0.05) is 24.3 Å². The number of ether oxygens (including phenoxy) is 1. The first kappa shape index (κ1) is 25.2. The van der Waals surface area contributed by atoms with Gasteiger partial charge in [-0.05, 0) is 74.4 Å². The van der Waals surface area contributed by atoms with Gasteiger partial charge in [0.15, 0.2) is 0 Å². The summed E-state index contributed by atoms with van der Waals surface area (Å²) in [7, 11) is 0. The van der Waals surface area contributed by atoms with Crippen molar-refractivity contribution >= 4 is 34.5 Å². The lowest BCUT2D eigenvalue weighted by atomic mass is 10.1. The summed E-state index contributed by atoms with van der Waals surface area (Å²) in [6.45, 7) is 6.21. The van der Waals surface area contributed by atoms with E-state index in [1.165, 1.54) is 6.21 Å². The molecular weight excluding hydrogens is 472 g/mol. The van der Waals surface area contributed by atoms with Crippen molar-refractivity contribution in [3.8, 4) is 17.3 Å². The van der Waals surface area contributed by atoms with Gasteiger partial charge in [-0.3, -0.25) is 14.4 Å². The SMILES string of the molecule is CCOc1ccc(-n2c(O)c(C=NNC(=O)C(=O)Nc3ccc(C)c(C)c3)c3ccccc3c2=O)cc1. The van der Waals surface area contributed by atoms with Gasteiger partial charge in [0.2, 0.25) is 5.88 Å². The van der Waals surface area contributed by atoms with Crippen molar-refractivity contribution in [2.45, 2.75) is 20.8 Å². The number of hydrogen-bond donors (Lipinski definition) is 3. The van der Waals surface area contributed by atoms with Crippen molar-refractivity contribution in [1.82, 2.24) is 9.99 Å². The molecule has 0 atom stereocenters. The Bertz CT molecular complexity index is 1570. The summed E-state index contributed by atoms with van der Waals surface area (Å²) in [5, 5.41) is 18.2. The first-order valence-corrected chi connectivity index (χ1v) is 11.6. The van der Waals surface area contributed by atoms with E-state index < -0.39 is 17.4 Å². The molecule has 188 valence electrons. The van der Waals surface area contributed by atoms with E-state index in [1.807, 2.05) is 26.8 Å². The number of aromatic nitrogens is 1. The van der Waals surface area contributed by atoms with Crippen LogP contribution in [-0.2, 0) is 9.59 Å². The number of carbonyl (C=O) groups excluding carboxylic acids is 2. The molecule has 0 aliphatic heterocycles. The van der Waals surface area contributed by atoms with Crippen LogP contribution in [0, 0.1) is 13.8 Å². The summed E-state index contributed by atoms with van der Waals surface area (Å²) in [6, 6.07) is 18.7. The number of fused-ring (bicyclic) bond motifs is 1. The van der Waals surface area contributed by atoms with Crippen LogP contribution in [0.5, 0.6) is 11.6 Å². The Kier molecular flexibility index (Phi) is 7.34. The van der Waals surface area contributed by atoms with Crippen LogP contribution in [0.4, 0.5) is 5.69 Å². The molecule has 9 nitrogen and oxygen atoms in total. The standard InChI is InChI=1S/C28H26N4O5/c1-4-37-21-13-11-20(12-14-21)32-27(35)23-8-6-5-7-22(23)24(28(32)36)16-29-31-26(34)25(33)30-19-10-9-17(2)18(3)15-19/h5-16,36H,4H2,1-3H3,(H,30,33)(H,31,34). The third kappa shape index (κ3) is 5.35. The maximum atomic E-state index is 13.2. The number of benzene rings is 3. The largest absolute Gasteiger partial charge is 0.494 e. The summed E-state index contributed by atoms with van der Waals surface area (Å²) in [5.74, 6) is -1.62. The molecule has 0 radical (unpaired) electrons. The molecule has 0 spiro atoms. The predicted molar refractivity (Wildman–Crippen MR) is 143 cm³/mol. The second-order valence-electron chi connectivity index (χ2n) is 8.30. The van der Waals surface area contributed by atoms with E-state index >= 15 is 0 Å². The number of pyridine rings is 1. The van der Waals surface area contributed by atoms with Crippen molar-refractivity contribution < 1.29 is 19.4 Å². The van der Waals surface area contributed by atoms with E-state index in [9.17, 15) is 19.5 Å². The molecule has 1 aromatic heterocycles. The molecule has 0 unspecified atom stereocenters. The number of amides is 2. The van der Waals surface area contributed by atoms with Gasteiger partial charge in [-0.15, -0.1) is 0 Å². The number of nitrogens with zero attached hydrogens (tertiary/aromatic N) is 2. The van der Waals surface area contributed by atoms with Crippen molar-refractivity contribution in [3.05, 3.63) is 93.8 Å². The number of anilines is 1. The third-order valence-corrected chi connectivity index (χ3v) is 5.84. The Balaban J connectivity index is 1.62. The maximum absolute atomic E-state index is 13.2. The fraction of sp³-hybridized carbons (Fsp3) is 0.143. The zero-order valence-electron chi connectivity index (χ0n) is 20.6. The van der Waals surface area contributed by atoms with Crippen LogP contribution in [-0.4, -0.2) is 34.3 Å². The van der Waals surface area contributed by atoms with Gasteiger partial charge in [-0.25, -0.2) is 9.99 Å². The lowest BCUT2D eigenvalue weighted by Crippen LogP contribution is -2.32. The van der Waals surface area contributed by atoms with Gasteiger partial charge in [0.05, 0.1) is 24.1 Å². The van der Waals surface area contributed by atoms with Crippen LogP contribution in [0.25, 0.3) is 16.5 Å². The molecule has 2 amide bonds. The van der Waals surface area contributed by atoms with E-state index in [-0.39, 0.29) is 11.4 Å². The number of nitrogens with one attached hydrogen (secondary N) is 2. The molecule has 3 N–H and O–H groups in total. The molecular formula is C28H26N4O5. The smallest absolute Gasteiger partial charge is 0.329 e. The Labute approximate surface area is 213 Å². The zero-order chi connectivity index (χ0) is 26.5. The van der Waals surface area contributed by atoms with Gasteiger partial charge >= 0.3 is 11.8 Å². The second kappa shape index (κ2) is 10.8. The molecule has 3 aromatic carbocycles. The van der Waals surface area contributed by atoms with E-state index in [2.05, 4.69) is 15.8 Å². The highest BCUT2D eigenvalue weighted by Gasteiger charge is 2.17. The molecule has 0 saturated heterocycles. The molecule has 0 bridgehead atoms. The van der Waals surface area contributed by atoms with Crippen LogP contribution in [0.15, 0.2) is 76.6 Å². The van der Waals surface area contributed by atoms with Crippen LogP contribution in [0.3, 0.4) is 0 Å². The number of rotatable bonds is 6. The van der Waals surface area contributed by atoms with E-state index in [4.69, 9.17) is 4.74 Å². The van der Waals surface area contributed by atoms with Gasteiger partial charge in [0, 0.05) is 16.5 Å². The highest BCUT2D eigenvalue weighted by Crippen LogP contribution is 2.26. The molecule has 9 heteroatoms. The highest BCUT2D eigenvalue weighted by atomic mass is 16.5. The Hall–Kier alpha value is -4.92. The van der Waals surface area contributed by atoms with Gasteiger partial charge in [-0.2, -0.15) is 5.10 Å². The quantitative estimate of drug-likeness (QED) is 0.212. The van der Waals surface area contributed by atoms with Gasteiger partial charge < -0.3 is 15.2 Å². The molecule has 0 aliphatic rings.